The number of benzene rings is 2. The second-order valence-electron chi connectivity index (χ2n) is 6.33. The van der Waals surface area contributed by atoms with Crippen LogP contribution in [-0.4, -0.2) is 4.98 Å². The molecule has 0 spiro atoms. The number of ether oxygens (including phenoxy) is 1. The lowest BCUT2D eigenvalue weighted by molar-refractivity contribution is 0.302. The molecule has 0 amide bonds. The third-order valence-electron chi connectivity index (χ3n) is 4.23. The number of thiazole rings is 1. The zero-order valence-corrected chi connectivity index (χ0v) is 16.4. The van der Waals surface area contributed by atoms with Crippen molar-refractivity contribution in [3.63, 3.8) is 0 Å². The number of hydrogen-bond donors (Lipinski definition) is 0. The van der Waals surface area contributed by atoms with E-state index in [9.17, 15) is 4.79 Å². The molecule has 2 aromatic heterocycles. The van der Waals surface area contributed by atoms with Gasteiger partial charge in [-0.2, -0.15) is 0 Å². The lowest BCUT2D eigenvalue weighted by Crippen LogP contribution is -2.00. The van der Waals surface area contributed by atoms with Crippen LogP contribution in [0, 0.1) is 13.8 Å². The van der Waals surface area contributed by atoms with Gasteiger partial charge in [0, 0.05) is 28.5 Å². The molecule has 27 heavy (non-hydrogen) atoms. The number of halogens is 1. The summed E-state index contributed by atoms with van der Waals surface area (Å²) in [5.41, 5.74) is 3.99. The molecule has 4 rings (SSSR count). The van der Waals surface area contributed by atoms with Gasteiger partial charge in [-0.15, -0.1) is 11.3 Å². The third-order valence-corrected chi connectivity index (χ3v) is 5.47. The molecule has 0 fully saturated rings. The first-order valence-electron chi connectivity index (χ1n) is 8.38. The van der Waals surface area contributed by atoms with E-state index in [1.165, 1.54) is 11.6 Å². The predicted octanol–water partition coefficient (Wildman–Crippen LogP) is 5.77. The van der Waals surface area contributed by atoms with Crippen LogP contribution in [0.4, 0.5) is 0 Å². The SMILES string of the molecule is Cc1ccc(-c2nc(COc3cc4oc(=O)cc(C)c4cc3Cl)cs2)cc1. The molecular weight excluding hydrogens is 382 g/mol. The molecule has 0 saturated heterocycles. The minimum absolute atomic E-state index is 0.281. The summed E-state index contributed by atoms with van der Waals surface area (Å²) in [5, 5.41) is 4.17. The molecule has 2 heterocycles. The highest BCUT2D eigenvalue weighted by molar-refractivity contribution is 7.13. The van der Waals surface area contributed by atoms with Crippen LogP contribution in [0.3, 0.4) is 0 Å². The van der Waals surface area contributed by atoms with Crippen molar-refractivity contribution in [2.75, 3.05) is 0 Å². The van der Waals surface area contributed by atoms with Crippen LogP contribution >= 0.6 is 22.9 Å². The number of nitrogens with zero attached hydrogens (tertiary/aromatic N) is 1. The summed E-state index contributed by atoms with van der Waals surface area (Å²) in [7, 11) is 0. The first-order chi connectivity index (χ1) is 13.0. The molecule has 0 N–H and O–H groups in total. The van der Waals surface area contributed by atoms with Gasteiger partial charge in [0.05, 0.1) is 10.7 Å². The van der Waals surface area contributed by atoms with Crippen LogP contribution in [0.5, 0.6) is 5.75 Å². The molecule has 0 atom stereocenters. The predicted molar refractivity (Wildman–Crippen MR) is 109 cm³/mol. The summed E-state index contributed by atoms with van der Waals surface area (Å²) >= 11 is 7.90. The fourth-order valence-corrected chi connectivity index (χ4v) is 3.81. The van der Waals surface area contributed by atoms with Crippen LogP contribution in [-0.2, 0) is 6.61 Å². The Bertz CT molecular complexity index is 1180. The van der Waals surface area contributed by atoms with E-state index in [1.54, 1.807) is 23.5 Å². The van der Waals surface area contributed by atoms with Crippen molar-refractivity contribution in [3.8, 4) is 16.3 Å². The molecule has 136 valence electrons. The summed E-state index contributed by atoms with van der Waals surface area (Å²) in [5.74, 6) is 0.461. The first-order valence-corrected chi connectivity index (χ1v) is 9.63. The lowest BCUT2D eigenvalue weighted by Gasteiger charge is -2.08. The van der Waals surface area contributed by atoms with E-state index in [1.807, 2.05) is 12.3 Å². The molecule has 6 heteroatoms. The minimum Gasteiger partial charge on any atom is -0.486 e. The van der Waals surface area contributed by atoms with Crippen molar-refractivity contribution in [1.82, 2.24) is 4.98 Å². The van der Waals surface area contributed by atoms with Gasteiger partial charge in [-0.05, 0) is 25.5 Å². The highest BCUT2D eigenvalue weighted by atomic mass is 35.5. The maximum Gasteiger partial charge on any atom is 0.336 e. The fourth-order valence-electron chi connectivity index (χ4n) is 2.78. The molecule has 0 unspecified atom stereocenters. The van der Waals surface area contributed by atoms with Crippen LogP contribution in [0.2, 0.25) is 5.02 Å². The quantitative estimate of drug-likeness (QED) is 0.410. The summed E-state index contributed by atoms with van der Waals surface area (Å²) in [6.45, 7) is 4.18. The van der Waals surface area contributed by atoms with Gasteiger partial charge in [0.15, 0.2) is 0 Å². The Morgan fingerprint density at radius 2 is 1.93 bits per heavy atom. The van der Waals surface area contributed by atoms with E-state index in [0.29, 0.717) is 16.4 Å². The van der Waals surface area contributed by atoms with Crippen LogP contribution < -0.4 is 10.4 Å². The van der Waals surface area contributed by atoms with Gasteiger partial charge in [0.25, 0.3) is 0 Å². The Hall–Kier alpha value is -2.63. The second kappa shape index (κ2) is 7.18. The zero-order valence-electron chi connectivity index (χ0n) is 14.8. The first kappa shape index (κ1) is 17.8. The molecular formula is C21H16ClNO3S. The molecule has 4 nitrogen and oxygen atoms in total. The van der Waals surface area contributed by atoms with E-state index in [2.05, 4.69) is 36.2 Å². The van der Waals surface area contributed by atoms with E-state index in [-0.39, 0.29) is 6.61 Å². The maximum absolute atomic E-state index is 11.6. The summed E-state index contributed by atoms with van der Waals surface area (Å²) in [6, 6.07) is 13.1. The average molecular weight is 398 g/mol. The topological polar surface area (TPSA) is 52.3 Å². The zero-order chi connectivity index (χ0) is 19.0. The number of aryl methyl sites for hydroxylation is 2. The highest BCUT2D eigenvalue weighted by Crippen LogP contribution is 2.32. The number of rotatable bonds is 4. The Morgan fingerprint density at radius 3 is 2.70 bits per heavy atom. The fraction of sp³-hybridized carbons (Fsp3) is 0.143. The summed E-state index contributed by atoms with van der Waals surface area (Å²) in [4.78, 5) is 16.2. The molecule has 0 bridgehead atoms. The van der Waals surface area contributed by atoms with Gasteiger partial charge in [0.1, 0.15) is 22.9 Å². The summed E-state index contributed by atoms with van der Waals surface area (Å²) < 4.78 is 11.1. The van der Waals surface area contributed by atoms with Crippen molar-refractivity contribution in [3.05, 3.63) is 80.1 Å². The van der Waals surface area contributed by atoms with E-state index in [0.717, 1.165) is 27.2 Å². The smallest absolute Gasteiger partial charge is 0.336 e. The maximum atomic E-state index is 11.6. The van der Waals surface area contributed by atoms with Gasteiger partial charge in [-0.25, -0.2) is 9.78 Å². The van der Waals surface area contributed by atoms with Crippen molar-refractivity contribution in [1.29, 1.82) is 0 Å². The van der Waals surface area contributed by atoms with E-state index >= 15 is 0 Å². The monoisotopic (exact) mass is 397 g/mol. The Morgan fingerprint density at radius 1 is 1.15 bits per heavy atom. The van der Waals surface area contributed by atoms with Crippen LogP contribution in [0.1, 0.15) is 16.8 Å². The van der Waals surface area contributed by atoms with Gasteiger partial charge in [0.2, 0.25) is 0 Å². The van der Waals surface area contributed by atoms with Crippen LogP contribution in [0.25, 0.3) is 21.5 Å². The Balaban J connectivity index is 1.56. The second-order valence-corrected chi connectivity index (χ2v) is 7.59. The molecule has 0 aliphatic heterocycles. The standard InChI is InChI=1S/C21H16ClNO3S/c1-12-3-5-14(6-4-12)21-23-15(11-27-21)10-25-19-9-18-16(8-17(19)22)13(2)7-20(24)26-18/h3-9,11H,10H2,1-2H3. The summed E-state index contributed by atoms with van der Waals surface area (Å²) in [6.07, 6.45) is 0. The number of hydrogen-bond acceptors (Lipinski definition) is 5. The largest absolute Gasteiger partial charge is 0.486 e. The Labute approximate surface area is 165 Å². The highest BCUT2D eigenvalue weighted by Gasteiger charge is 2.11. The van der Waals surface area contributed by atoms with Crippen molar-refractivity contribution in [2.45, 2.75) is 20.5 Å². The van der Waals surface area contributed by atoms with Gasteiger partial charge in [-0.1, -0.05) is 41.4 Å². The van der Waals surface area contributed by atoms with Crippen molar-refractivity contribution >= 4 is 33.9 Å². The van der Waals surface area contributed by atoms with E-state index in [4.69, 9.17) is 20.8 Å². The van der Waals surface area contributed by atoms with Crippen molar-refractivity contribution < 1.29 is 9.15 Å². The molecule has 0 aliphatic carbocycles. The Kier molecular flexibility index (Phi) is 4.72. The van der Waals surface area contributed by atoms with Gasteiger partial charge >= 0.3 is 5.63 Å². The van der Waals surface area contributed by atoms with Gasteiger partial charge in [-0.3, -0.25) is 0 Å². The normalized spacial score (nSPS) is 11.1. The minimum atomic E-state index is -0.393. The molecule has 0 radical (unpaired) electrons. The average Bonchev–Trinajstić information content (AvgIpc) is 3.10. The third kappa shape index (κ3) is 3.75. The molecule has 0 aliphatic rings. The number of fused-ring (bicyclic) bond motifs is 1. The molecule has 0 saturated carbocycles. The van der Waals surface area contributed by atoms with Crippen LogP contribution in [0.15, 0.2) is 57.1 Å². The molecule has 2 aromatic carbocycles. The van der Waals surface area contributed by atoms with E-state index < -0.39 is 5.63 Å². The lowest BCUT2D eigenvalue weighted by atomic mass is 10.1. The van der Waals surface area contributed by atoms with Crippen molar-refractivity contribution in [2.24, 2.45) is 0 Å². The number of aromatic nitrogens is 1. The van der Waals surface area contributed by atoms with Gasteiger partial charge < -0.3 is 9.15 Å². The molecule has 4 aromatic rings.